The Hall–Kier alpha value is -2.15. The summed E-state index contributed by atoms with van der Waals surface area (Å²) in [5, 5.41) is 8.65. The van der Waals surface area contributed by atoms with Crippen LogP contribution in [0.2, 0.25) is 0 Å². The molecule has 3 nitrogen and oxygen atoms in total. The maximum atomic E-state index is 12.7. The Bertz CT molecular complexity index is 432. The van der Waals surface area contributed by atoms with Crippen LogP contribution < -0.4 is 5.73 Å². The molecular weight excluding hydrogens is 183 g/mol. The van der Waals surface area contributed by atoms with E-state index < -0.39 is 11.7 Å². The van der Waals surface area contributed by atoms with E-state index >= 15 is 0 Å². The van der Waals surface area contributed by atoms with E-state index in [1.54, 1.807) is 0 Å². The molecule has 0 bridgehead atoms. The highest BCUT2D eigenvalue weighted by molar-refractivity contribution is 5.90. The maximum Gasteiger partial charge on any atom is 0.241 e. The lowest BCUT2D eigenvalue weighted by Crippen LogP contribution is -2.05. The minimum absolute atomic E-state index is 0.295. The molecule has 0 saturated heterocycles. The number of halogens is 1. The normalized spacial score (nSPS) is 10.0. The van der Waals surface area contributed by atoms with Gasteiger partial charge in [0, 0.05) is 6.08 Å². The molecule has 1 aromatic rings. The summed E-state index contributed by atoms with van der Waals surface area (Å²) in [5.74, 6) is -1.11. The largest absolute Gasteiger partial charge is 0.366 e. The Morgan fingerprint density at radius 3 is 2.86 bits per heavy atom. The second kappa shape index (κ2) is 4.19. The molecule has 0 saturated carbocycles. The van der Waals surface area contributed by atoms with Gasteiger partial charge in [-0.3, -0.25) is 4.79 Å². The van der Waals surface area contributed by atoms with Gasteiger partial charge in [-0.15, -0.1) is 0 Å². The number of benzene rings is 1. The molecule has 1 aromatic carbocycles. The highest BCUT2D eigenvalue weighted by Crippen LogP contribution is 2.11. The molecule has 0 radical (unpaired) electrons. The summed E-state index contributed by atoms with van der Waals surface area (Å²) in [6, 6.07) is 5.57. The first kappa shape index (κ1) is 9.93. The predicted molar refractivity (Wildman–Crippen MR) is 49.3 cm³/mol. The summed E-state index contributed by atoms with van der Waals surface area (Å²) in [6.45, 7) is 0. The van der Waals surface area contributed by atoms with E-state index in [4.69, 9.17) is 11.0 Å². The van der Waals surface area contributed by atoms with Crippen LogP contribution in [-0.2, 0) is 4.79 Å². The number of nitrogens with two attached hydrogens (primary N) is 1. The minimum Gasteiger partial charge on any atom is -0.366 e. The molecule has 0 spiro atoms. The van der Waals surface area contributed by atoms with Crippen molar-refractivity contribution in [2.24, 2.45) is 5.73 Å². The van der Waals surface area contributed by atoms with E-state index in [9.17, 15) is 9.18 Å². The van der Waals surface area contributed by atoms with Gasteiger partial charge in [0.15, 0.2) is 0 Å². The molecule has 0 aliphatic rings. The van der Waals surface area contributed by atoms with E-state index in [0.717, 1.165) is 12.1 Å². The average molecular weight is 190 g/mol. The molecule has 1 amide bonds. The van der Waals surface area contributed by atoms with E-state index in [1.165, 1.54) is 18.2 Å². The third-order valence-electron chi connectivity index (χ3n) is 1.56. The summed E-state index contributed by atoms with van der Waals surface area (Å²) in [4.78, 5) is 10.4. The number of amides is 1. The Morgan fingerprint density at radius 1 is 1.57 bits per heavy atom. The SMILES string of the molecule is N#Cc1ccc(F)cc1C=CC(N)=O. The molecule has 1 rings (SSSR count). The van der Waals surface area contributed by atoms with Crippen LogP contribution in [0.5, 0.6) is 0 Å². The van der Waals surface area contributed by atoms with Gasteiger partial charge in [0.05, 0.1) is 11.6 Å². The highest BCUT2D eigenvalue weighted by Gasteiger charge is 2.00. The van der Waals surface area contributed by atoms with Gasteiger partial charge in [-0.25, -0.2) is 4.39 Å². The third kappa shape index (κ3) is 2.42. The smallest absolute Gasteiger partial charge is 0.241 e. The van der Waals surface area contributed by atoms with Crippen molar-refractivity contribution in [1.82, 2.24) is 0 Å². The van der Waals surface area contributed by atoms with Crippen molar-refractivity contribution in [2.45, 2.75) is 0 Å². The number of hydrogen-bond acceptors (Lipinski definition) is 2. The summed E-state index contributed by atoms with van der Waals surface area (Å²) < 4.78 is 12.7. The van der Waals surface area contributed by atoms with Crippen LogP contribution in [0.15, 0.2) is 24.3 Å². The fraction of sp³-hybridized carbons (Fsp3) is 0. The number of rotatable bonds is 2. The van der Waals surface area contributed by atoms with Gasteiger partial charge in [-0.2, -0.15) is 5.26 Å². The lowest BCUT2D eigenvalue weighted by Gasteiger charge is -1.96. The van der Waals surface area contributed by atoms with Gasteiger partial charge in [0.25, 0.3) is 0 Å². The van der Waals surface area contributed by atoms with E-state index in [1.807, 2.05) is 6.07 Å². The zero-order valence-corrected chi connectivity index (χ0v) is 7.20. The molecule has 70 valence electrons. The number of nitriles is 1. The van der Waals surface area contributed by atoms with Crippen molar-refractivity contribution in [3.8, 4) is 6.07 Å². The number of primary amides is 1. The molecule has 0 fully saturated rings. The van der Waals surface area contributed by atoms with Gasteiger partial charge in [-0.05, 0) is 29.8 Å². The molecular formula is C10H7FN2O. The fourth-order valence-corrected chi connectivity index (χ4v) is 0.945. The van der Waals surface area contributed by atoms with Crippen LogP contribution in [0.25, 0.3) is 6.08 Å². The van der Waals surface area contributed by atoms with Gasteiger partial charge < -0.3 is 5.73 Å². The van der Waals surface area contributed by atoms with Gasteiger partial charge in [0.1, 0.15) is 5.82 Å². The van der Waals surface area contributed by atoms with Crippen molar-refractivity contribution in [3.05, 3.63) is 41.2 Å². The number of carbonyl (C=O) groups excluding carboxylic acids is 1. The molecule has 0 aromatic heterocycles. The molecule has 0 aliphatic heterocycles. The summed E-state index contributed by atoms with van der Waals surface area (Å²) in [5.41, 5.74) is 5.50. The van der Waals surface area contributed by atoms with Gasteiger partial charge in [0.2, 0.25) is 5.91 Å². The van der Waals surface area contributed by atoms with Crippen LogP contribution in [-0.4, -0.2) is 5.91 Å². The molecule has 0 unspecified atom stereocenters. The van der Waals surface area contributed by atoms with Crippen LogP contribution in [0.3, 0.4) is 0 Å². The summed E-state index contributed by atoms with van der Waals surface area (Å²) in [6.07, 6.45) is 2.39. The fourth-order valence-electron chi connectivity index (χ4n) is 0.945. The van der Waals surface area contributed by atoms with Crippen LogP contribution >= 0.6 is 0 Å². The quantitative estimate of drug-likeness (QED) is 0.712. The second-order valence-electron chi connectivity index (χ2n) is 2.58. The summed E-state index contributed by atoms with van der Waals surface area (Å²) >= 11 is 0. The lowest BCUT2D eigenvalue weighted by molar-refractivity contribution is -0.113. The molecule has 14 heavy (non-hydrogen) atoms. The Labute approximate surface area is 80.3 Å². The highest BCUT2D eigenvalue weighted by atomic mass is 19.1. The van der Waals surface area contributed by atoms with Crippen molar-refractivity contribution < 1.29 is 9.18 Å². The van der Waals surface area contributed by atoms with Crippen molar-refractivity contribution >= 4 is 12.0 Å². The van der Waals surface area contributed by atoms with Crippen molar-refractivity contribution in [2.75, 3.05) is 0 Å². The van der Waals surface area contributed by atoms with Crippen molar-refractivity contribution in [1.29, 1.82) is 5.26 Å². The van der Waals surface area contributed by atoms with Gasteiger partial charge >= 0.3 is 0 Å². The third-order valence-corrected chi connectivity index (χ3v) is 1.56. The average Bonchev–Trinajstić information content (AvgIpc) is 2.15. The first-order valence-electron chi connectivity index (χ1n) is 3.80. The number of carbonyl (C=O) groups is 1. The Kier molecular flexibility index (Phi) is 2.97. The van der Waals surface area contributed by atoms with Crippen LogP contribution in [0.1, 0.15) is 11.1 Å². The Balaban J connectivity index is 3.13. The number of hydrogen-bond donors (Lipinski definition) is 1. The second-order valence-corrected chi connectivity index (χ2v) is 2.58. The first-order chi connectivity index (χ1) is 6.63. The topological polar surface area (TPSA) is 66.9 Å². The number of nitrogens with zero attached hydrogens (tertiary/aromatic N) is 1. The van der Waals surface area contributed by atoms with Crippen LogP contribution in [0.4, 0.5) is 4.39 Å². The van der Waals surface area contributed by atoms with E-state index in [-0.39, 0.29) is 0 Å². The first-order valence-corrected chi connectivity index (χ1v) is 3.80. The molecule has 0 aliphatic carbocycles. The summed E-state index contributed by atoms with van der Waals surface area (Å²) in [7, 11) is 0. The zero-order valence-electron chi connectivity index (χ0n) is 7.20. The predicted octanol–water partition coefficient (Wildman–Crippen LogP) is 1.20. The van der Waals surface area contributed by atoms with Crippen LogP contribution in [0, 0.1) is 17.1 Å². The Morgan fingerprint density at radius 2 is 2.29 bits per heavy atom. The molecule has 0 atom stereocenters. The van der Waals surface area contributed by atoms with E-state index in [0.29, 0.717) is 11.1 Å². The molecule has 0 heterocycles. The zero-order chi connectivity index (χ0) is 10.6. The molecule has 4 heteroatoms. The van der Waals surface area contributed by atoms with E-state index in [2.05, 4.69) is 0 Å². The maximum absolute atomic E-state index is 12.7. The van der Waals surface area contributed by atoms with Gasteiger partial charge in [-0.1, -0.05) is 0 Å². The lowest BCUT2D eigenvalue weighted by atomic mass is 10.1. The standard InChI is InChI=1S/C10H7FN2O/c11-9-3-1-8(6-12)7(5-9)2-4-10(13)14/h1-5H,(H2,13,14). The molecule has 2 N–H and O–H groups in total. The monoisotopic (exact) mass is 190 g/mol. The van der Waals surface area contributed by atoms with Crippen molar-refractivity contribution in [3.63, 3.8) is 0 Å². The minimum atomic E-state index is -0.641.